The minimum Gasteiger partial charge on any atom is -0.497 e. The Morgan fingerprint density at radius 1 is 1.03 bits per heavy atom. The number of ether oxygens (including phenoxy) is 1. The second-order valence-corrected chi connectivity index (χ2v) is 7.47. The normalized spacial score (nSPS) is 11.0. The predicted octanol–water partition coefficient (Wildman–Crippen LogP) is 4.42. The summed E-state index contributed by atoms with van der Waals surface area (Å²) in [7, 11) is 5.77. The molecule has 0 amide bonds. The third-order valence-corrected chi connectivity index (χ3v) is 4.88. The van der Waals surface area contributed by atoms with Gasteiger partial charge in [0.15, 0.2) is 0 Å². The highest BCUT2D eigenvalue weighted by molar-refractivity contribution is 5.94. The SMILES string of the molecule is COc1cccc(Nc2cc(-c3cc4cnccc4c(NCCN(C)C)n3)ccn2)c1. The number of pyridine rings is 3. The van der Waals surface area contributed by atoms with Crippen LogP contribution in [0.15, 0.2) is 67.1 Å². The molecule has 7 nitrogen and oxygen atoms in total. The first-order valence-corrected chi connectivity index (χ1v) is 10.1. The third kappa shape index (κ3) is 5.07. The fourth-order valence-corrected chi connectivity index (χ4v) is 3.29. The summed E-state index contributed by atoms with van der Waals surface area (Å²) in [6, 6.07) is 15.8. The first-order valence-electron chi connectivity index (χ1n) is 10.1. The Bertz CT molecular complexity index is 1180. The van der Waals surface area contributed by atoms with E-state index < -0.39 is 0 Å². The molecule has 0 aliphatic carbocycles. The monoisotopic (exact) mass is 414 g/mol. The van der Waals surface area contributed by atoms with Crippen molar-refractivity contribution in [2.75, 3.05) is 44.9 Å². The molecule has 3 aromatic heterocycles. The van der Waals surface area contributed by atoms with Gasteiger partial charge in [0.05, 0.1) is 12.8 Å². The molecule has 0 saturated carbocycles. The fourth-order valence-electron chi connectivity index (χ4n) is 3.29. The molecule has 0 spiro atoms. The molecule has 0 saturated heterocycles. The van der Waals surface area contributed by atoms with Crippen molar-refractivity contribution in [3.8, 4) is 17.0 Å². The van der Waals surface area contributed by atoms with Crippen molar-refractivity contribution in [2.24, 2.45) is 0 Å². The Kier molecular flexibility index (Phi) is 6.24. The molecule has 1 aromatic carbocycles. The number of methoxy groups -OCH3 is 1. The van der Waals surface area contributed by atoms with Crippen LogP contribution in [-0.4, -0.2) is 54.1 Å². The third-order valence-electron chi connectivity index (χ3n) is 4.88. The van der Waals surface area contributed by atoms with Crippen LogP contribution in [0.3, 0.4) is 0 Å². The molecule has 31 heavy (non-hydrogen) atoms. The van der Waals surface area contributed by atoms with Gasteiger partial charge in [0.2, 0.25) is 0 Å². The molecule has 4 aromatic rings. The van der Waals surface area contributed by atoms with Gasteiger partial charge in [-0.1, -0.05) is 6.07 Å². The van der Waals surface area contributed by atoms with Gasteiger partial charge in [0.25, 0.3) is 0 Å². The molecule has 0 bridgehead atoms. The molecule has 7 heteroatoms. The highest BCUT2D eigenvalue weighted by atomic mass is 16.5. The summed E-state index contributed by atoms with van der Waals surface area (Å²) in [6.45, 7) is 1.72. The maximum absolute atomic E-state index is 5.30. The lowest BCUT2D eigenvalue weighted by atomic mass is 10.1. The van der Waals surface area contributed by atoms with Gasteiger partial charge < -0.3 is 20.3 Å². The maximum Gasteiger partial charge on any atom is 0.134 e. The Balaban J connectivity index is 1.65. The van der Waals surface area contributed by atoms with E-state index in [0.29, 0.717) is 0 Å². The van der Waals surface area contributed by atoms with E-state index in [2.05, 4.69) is 45.7 Å². The molecule has 0 aliphatic heterocycles. The van der Waals surface area contributed by atoms with Crippen LogP contribution in [0.1, 0.15) is 0 Å². The van der Waals surface area contributed by atoms with Crippen molar-refractivity contribution in [3.05, 3.63) is 67.1 Å². The average molecular weight is 415 g/mol. The summed E-state index contributed by atoms with van der Waals surface area (Å²) in [4.78, 5) is 15.8. The van der Waals surface area contributed by atoms with E-state index in [1.54, 1.807) is 19.5 Å². The molecule has 0 unspecified atom stereocenters. The van der Waals surface area contributed by atoms with Crippen molar-refractivity contribution >= 4 is 28.1 Å². The summed E-state index contributed by atoms with van der Waals surface area (Å²) in [5.41, 5.74) is 2.75. The zero-order chi connectivity index (χ0) is 21.6. The van der Waals surface area contributed by atoms with E-state index >= 15 is 0 Å². The van der Waals surface area contributed by atoms with Crippen molar-refractivity contribution in [3.63, 3.8) is 0 Å². The number of rotatable bonds is 8. The Morgan fingerprint density at radius 3 is 2.77 bits per heavy atom. The zero-order valence-electron chi connectivity index (χ0n) is 18.0. The first kappa shape index (κ1) is 20.6. The Morgan fingerprint density at radius 2 is 1.94 bits per heavy atom. The van der Waals surface area contributed by atoms with E-state index in [-0.39, 0.29) is 0 Å². The maximum atomic E-state index is 5.30. The summed E-state index contributed by atoms with van der Waals surface area (Å²) in [6.07, 6.45) is 5.45. The number of hydrogen-bond acceptors (Lipinski definition) is 7. The summed E-state index contributed by atoms with van der Waals surface area (Å²) < 4.78 is 5.30. The number of hydrogen-bond donors (Lipinski definition) is 2. The highest BCUT2D eigenvalue weighted by Crippen LogP contribution is 2.29. The zero-order valence-corrected chi connectivity index (χ0v) is 18.0. The van der Waals surface area contributed by atoms with Crippen LogP contribution >= 0.6 is 0 Å². The van der Waals surface area contributed by atoms with Crippen LogP contribution in [0.25, 0.3) is 22.0 Å². The van der Waals surface area contributed by atoms with Gasteiger partial charge in [0.1, 0.15) is 17.4 Å². The minimum atomic E-state index is 0.737. The summed E-state index contributed by atoms with van der Waals surface area (Å²) >= 11 is 0. The molecule has 0 radical (unpaired) electrons. The number of nitrogens with zero attached hydrogens (tertiary/aromatic N) is 4. The smallest absolute Gasteiger partial charge is 0.134 e. The van der Waals surface area contributed by atoms with E-state index in [0.717, 1.165) is 58.2 Å². The average Bonchev–Trinajstić information content (AvgIpc) is 2.79. The van der Waals surface area contributed by atoms with E-state index in [1.807, 2.05) is 48.7 Å². The molecule has 3 heterocycles. The molecular weight excluding hydrogens is 388 g/mol. The van der Waals surface area contributed by atoms with E-state index in [4.69, 9.17) is 9.72 Å². The molecule has 0 fully saturated rings. The van der Waals surface area contributed by atoms with Gasteiger partial charge in [-0.15, -0.1) is 0 Å². The fraction of sp³-hybridized carbons (Fsp3) is 0.208. The van der Waals surface area contributed by atoms with Gasteiger partial charge in [-0.2, -0.15) is 0 Å². The first-order chi connectivity index (χ1) is 15.1. The summed E-state index contributed by atoms with van der Waals surface area (Å²) in [5.74, 6) is 2.38. The van der Waals surface area contributed by atoms with E-state index in [1.165, 1.54) is 0 Å². The van der Waals surface area contributed by atoms with Gasteiger partial charge in [0, 0.05) is 59.8 Å². The van der Waals surface area contributed by atoms with Crippen molar-refractivity contribution in [2.45, 2.75) is 0 Å². The molecule has 0 atom stereocenters. The minimum absolute atomic E-state index is 0.737. The Labute approximate surface area is 182 Å². The second-order valence-electron chi connectivity index (χ2n) is 7.47. The highest BCUT2D eigenvalue weighted by Gasteiger charge is 2.09. The lowest BCUT2D eigenvalue weighted by Gasteiger charge is -2.14. The van der Waals surface area contributed by atoms with Crippen LogP contribution in [0, 0.1) is 0 Å². The molecule has 2 N–H and O–H groups in total. The van der Waals surface area contributed by atoms with E-state index in [9.17, 15) is 0 Å². The van der Waals surface area contributed by atoms with Gasteiger partial charge >= 0.3 is 0 Å². The molecular formula is C24H26N6O. The van der Waals surface area contributed by atoms with Crippen LogP contribution in [0.5, 0.6) is 5.75 Å². The number of anilines is 3. The number of benzene rings is 1. The molecule has 158 valence electrons. The van der Waals surface area contributed by atoms with Gasteiger partial charge in [-0.3, -0.25) is 4.98 Å². The van der Waals surface area contributed by atoms with Crippen LogP contribution in [-0.2, 0) is 0 Å². The van der Waals surface area contributed by atoms with Crippen LogP contribution < -0.4 is 15.4 Å². The largest absolute Gasteiger partial charge is 0.497 e. The molecule has 4 rings (SSSR count). The molecule has 0 aliphatic rings. The summed E-state index contributed by atoms with van der Waals surface area (Å²) in [5, 5.41) is 8.90. The lowest BCUT2D eigenvalue weighted by molar-refractivity contribution is 0.415. The van der Waals surface area contributed by atoms with Gasteiger partial charge in [-0.05, 0) is 50.5 Å². The second kappa shape index (κ2) is 9.40. The number of nitrogens with one attached hydrogen (secondary N) is 2. The topological polar surface area (TPSA) is 75.2 Å². The van der Waals surface area contributed by atoms with Crippen molar-refractivity contribution < 1.29 is 4.74 Å². The van der Waals surface area contributed by atoms with Crippen LogP contribution in [0.4, 0.5) is 17.3 Å². The Hall–Kier alpha value is -3.71. The quantitative estimate of drug-likeness (QED) is 0.442. The van der Waals surface area contributed by atoms with Crippen LogP contribution in [0.2, 0.25) is 0 Å². The number of likely N-dealkylation sites (N-methyl/N-ethyl adjacent to an activating group) is 1. The van der Waals surface area contributed by atoms with Gasteiger partial charge in [-0.25, -0.2) is 9.97 Å². The number of aromatic nitrogens is 3. The van der Waals surface area contributed by atoms with Crippen molar-refractivity contribution in [1.29, 1.82) is 0 Å². The standard InChI is InChI=1S/C24H26N6O/c1-30(2)12-11-27-24-21-8-9-25-16-18(21)13-22(29-24)17-7-10-26-23(14-17)28-19-5-4-6-20(15-19)31-3/h4-10,13-16H,11-12H2,1-3H3,(H,26,28)(H,27,29). The number of fused-ring (bicyclic) bond motifs is 1. The van der Waals surface area contributed by atoms with Crippen molar-refractivity contribution in [1.82, 2.24) is 19.9 Å². The predicted molar refractivity (Wildman–Crippen MR) is 126 cm³/mol. The lowest BCUT2D eigenvalue weighted by Crippen LogP contribution is -2.21.